The summed E-state index contributed by atoms with van der Waals surface area (Å²) in [6.45, 7) is 3.97. The molecule has 19 heavy (non-hydrogen) atoms. The molecule has 4 nitrogen and oxygen atoms in total. The van der Waals surface area contributed by atoms with Crippen LogP contribution in [0.3, 0.4) is 0 Å². The summed E-state index contributed by atoms with van der Waals surface area (Å²) >= 11 is 0. The molecule has 1 aliphatic heterocycles. The number of rotatable bonds is 6. The monoisotopic (exact) mass is 264 g/mol. The van der Waals surface area contributed by atoms with E-state index in [1.165, 1.54) is 24.8 Å². The lowest BCUT2D eigenvalue weighted by atomic mass is 9.97. The summed E-state index contributed by atoms with van der Waals surface area (Å²) in [6.07, 6.45) is 8.66. The Morgan fingerprint density at radius 2 is 2.37 bits per heavy atom. The molecule has 4 heteroatoms. The molecule has 1 aliphatic rings. The second-order valence-electron chi connectivity index (χ2n) is 4.99. The summed E-state index contributed by atoms with van der Waals surface area (Å²) in [5.41, 5.74) is 1.18. The van der Waals surface area contributed by atoms with Crippen molar-refractivity contribution in [2.75, 3.05) is 20.3 Å². The minimum atomic E-state index is 0.288. The van der Waals surface area contributed by atoms with E-state index in [1.807, 2.05) is 6.20 Å². The van der Waals surface area contributed by atoms with Gasteiger partial charge in [-0.2, -0.15) is 0 Å². The molecule has 1 N–H and O–H groups in total. The van der Waals surface area contributed by atoms with Crippen molar-refractivity contribution in [1.82, 2.24) is 10.3 Å². The maximum absolute atomic E-state index is 5.84. The van der Waals surface area contributed by atoms with Gasteiger partial charge in [-0.15, -0.1) is 0 Å². The van der Waals surface area contributed by atoms with Gasteiger partial charge in [-0.25, -0.2) is 0 Å². The molecule has 0 spiro atoms. The fourth-order valence-corrected chi connectivity index (χ4v) is 2.58. The van der Waals surface area contributed by atoms with Crippen LogP contribution < -0.4 is 10.1 Å². The highest BCUT2D eigenvalue weighted by atomic mass is 16.5. The number of hydrogen-bond acceptors (Lipinski definition) is 4. The van der Waals surface area contributed by atoms with Gasteiger partial charge in [0.15, 0.2) is 0 Å². The molecule has 0 saturated carbocycles. The van der Waals surface area contributed by atoms with Gasteiger partial charge in [0.1, 0.15) is 5.75 Å². The van der Waals surface area contributed by atoms with Gasteiger partial charge in [-0.1, -0.05) is 6.92 Å². The largest absolute Gasteiger partial charge is 0.495 e. The quantitative estimate of drug-likeness (QED) is 0.858. The van der Waals surface area contributed by atoms with E-state index in [2.05, 4.69) is 23.3 Å². The van der Waals surface area contributed by atoms with Gasteiger partial charge < -0.3 is 14.8 Å². The molecule has 2 rings (SSSR count). The van der Waals surface area contributed by atoms with E-state index in [9.17, 15) is 0 Å². The lowest BCUT2D eigenvalue weighted by Crippen LogP contribution is -2.28. The summed E-state index contributed by atoms with van der Waals surface area (Å²) in [5.74, 6) is 0.810. The predicted molar refractivity (Wildman–Crippen MR) is 75.4 cm³/mol. The predicted octanol–water partition coefficient (Wildman–Crippen LogP) is 2.70. The van der Waals surface area contributed by atoms with E-state index in [-0.39, 0.29) is 6.04 Å². The maximum atomic E-state index is 5.84. The summed E-state index contributed by atoms with van der Waals surface area (Å²) in [5, 5.41) is 3.52. The normalized spacial score (nSPS) is 21.1. The second kappa shape index (κ2) is 7.46. The number of ether oxygens (including phenoxy) is 2. The third-order valence-corrected chi connectivity index (χ3v) is 3.60. The minimum absolute atomic E-state index is 0.288. The summed E-state index contributed by atoms with van der Waals surface area (Å²) in [6, 6.07) is 2.35. The summed E-state index contributed by atoms with van der Waals surface area (Å²) < 4.78 is 11.1. The Bertz CT molecular complexity index is 378. The highest BCUT2D eigenvalue weighted by Gasteiger charge is 2.20. The summed E-state index contributed by atoms with van der Waals surface area (Å²) in [7, 11) is 1.67. The van der Waals surface area contributed by atoms with Crippen LogP contribution in [0.4, 0.5) is 0 Å². The molecule has 1 fully saturated rings. The van der Waals surface area contributed by atoms with Gasteiger partial charge in [0.25, 0.3) is 0 Å². The Labute approximate surface area is 115 Å². The van der Waals surface area contributed by atoms with Crippen molar-refractivity contribution in [3.8, 4) is 5.75 Å². The highest BCUT2D eigenvalue weighted by Crippen LogP contribution is 2.26. The molecular weight excluding hydrogens is 240 g/mol. The Morgan fingerprint density at radius 3 is 3.05 bits per heavy atom. The van der Waals surface area contributed by atoms with Crippen molar-refractivity contribution in [1.29, 1.82) is 0 Å². The lowest BCUT2D eigenvalue weighted by molar-refractivity contribution is 0.00511. The van der Waals surface area contributed by atoms with Gasteiger partial charge >= 0.3 is 0 Å². The van der Waals surface area contributed by atoms with Gasteiger partial charge in [-0.05, 0) is 43.9 Å². The molecule has 1 saturated heterocycles. The highest BCUT2D eigenvalue weighted by molar-refractivity contribution is 5.26. The van der Waals surface area contributed by atoms with E-state index < -0.39 is 0 Å². The number of nitrogens with one attached hydrogen (secondary N) is 1. The van der Waals surface area contributed by atoms with Gasteiger partial charge in [0.2, 0.25) is 0 Å². The molecule has 2 heterocycles. The molecule has 0 aliphatic carbocycles. The Kier molecular flexibility index (Phi) is 5.61. The van der Waals surface area contributed by atoms with Crippen LogP contribution in [0.1, 0.15) is 44.2 Å². The fourth-order valence-electron chi connectivity index (χ4n) is 2.58. The van der Waals surface area contributed by atoms with Crippen molar-refractivity contribution in [2.24, 2.45) is 0 Å². The van der Waals surface area contributed by atoms with Gasteiger partial charge in [0, 0.05) is 18.8 Å². The number of hydrogen-bond donors (Lipinski definition) is 1. The maximum Gasteiger partial charge on any atom is 0.137 e. The van der Waals surface area contributed by atoms with Crippen molar-refractivity contribution in [2.45, 2.75) is 44.8 Å². The summed E-state index contributed by atoms with van der Waals surface area (Å²) in [4.78, 5) is 4.25. The average molecular weight is 264 g/mol. The zero-order valence-corrected chi connectivity index (χ0v) is 11.9. The van der Waals surface area contributed by atoms with E-state index >= 15 is 0 Å². The van der Waals surface area contributed by atoms with E-state index in [0.717, 1.165) is 25.3 Å². The standard InChI is InChI=1S/C15H24N2O2/c1-3-17-15(9-13-6-4-5-7-19-13)12-8-14(18-2)11-16-10-12/h8,10-11,13,15,17H,3-7,9H2,1-2H3. The van der Waals surface area contributed by atoms with E-state index in [1.54, 1.807) is 13.3 Å². The van der Waals surface area contributed by atoms with Crippen molar-refractivity contribution >= 4 is 0 Å². The van der Waals surface area contributed by atoms with Gasteiger partial charge in [-0.3, -0.25) is 4.98 Å². The van der Waals surface area contributed by atoms with Crippen LogP contribution in [0.25, 0.3) is 0 Å². The molecule has 0 amide bonds. The van der Waals surface area contributed by atoms with Crippen LogP contribution in [-0.4, -0.2) is 31.3 Å². The van der Waals surface area contributed by atoms with E-state index in [4.69, 9.17) is 9.47 Å². The number of aromatic nitrogens is 1. The topological polar surface area (TPSA) is 43.4 Å². The molecule has 2 unspecified atom stereocenters. The number of methoxy groups -OCH3 is 1. The Hall–Kier alpha value is -1.13. The first kappa shape index (κ1) is 14.3. The first-order valence-corrected chi connectivity index (χ1v) is 7.17. The molecule has 1 aromatic heterocycles. The molecule has 1 aromatic rings. The van der Waals surface area contributed by atoms with Crippen LogP contribution in [0.15, 0.2) is 18.5 Å². The van der Waals surface area contributed by atoms with Crippen molar-refractivity contribution in [3.63, 3.8) is 0 Å². The fraction of sp³-hybridized carbons (Fsp3) is 0.667. The van der Waals surface area contributed by atoms with Crippen LogP contribution in [0.2, 0.25) is 0 Å². The van der Waals surface area contributed by atoms with Crippen molar-refractivity contribution < 1.29 is 9.47 Å². The number of pyridine rings is 1. The first-order chi connectivity index (χ1) is 9.33. The average Bonchev–Trinajstić information content (AvgIpc) is 2.48. The van der Waals surface area contributed by atoms with Gasteiger partial charge in [0.05, 0.1) is 19.4 Å². The SMILES string of the molecule is CCNC(CC1CCCCO1)c1cncc(OC)c1. The van der Waals surface area contributed by atoms with Crippen molar-refractivity contribution in [3.05, 3.63) is 24.0 Å². The smallest absolute Gasteiger partial charge is 0.137 e. The molecular formula is C15H24N2O2. The Morgan fingerprint density at radius 1 is 1.47 bits per heavy atom. The molecule has 0 radical (unpaired) electrons. The minimum Gasteiger partial charge on any atom is -0.495 e. The number of nitrogens with zero attached hydrogens (tertiary/aromatic N) is 1. The Balaban J connectivity index is 2.04. The van der Waals surface area contributed by atoms with Crippen LogP contribution in [0.5, 0.6) is 5.75 Å². The first-order valence-electron chi connectivity index (χ1n) is 7.17. The lowest BCUT2D eigenvalue weighted by Gasteiger charge is -2.27. The van der Waals surface area contributed by atoms with Crippen LogP contribution >= 0.6 is 0 Å². The van der Waals surface area contributed by atoms with Crippen LogP contribution in [-0.2, 0) is 4.74 Å². The third kappa shape index (κ3) is 4.18. The van der Waals surface area contributed by atoms with Crippen LogP contribution in [0, 0.1) is 0 Å². The zero-order chi connectivity index (χ0) is 13.5. The third-order valence-electron chi connectivity index (χ3n) is 3.60. The second-order valence-corrected chi connectivity index (χ2v) is 4.99. The molecule has 106 valence electrons. The zero-order valence-electron chi connectivity index (χ0n) is 11.9. The molecule has 2 atom stereocenters. The molecule has 0 bridgehead atoms. The molecule has 0 aromatic carbocycles. The van der Waals surface area contributed by atoms with E-state index in [0.29, 0.717) is 6.10 Å².